The van der Waals surface area contributed by atoms with Crippen molar-refractivity contribution in [2.75, 3.05) is 29.0 Å². The Kier molecular flexibility index (Phi) is 7.32. The molecule has 0 saturated carbocycles. The lowest BCUT2D eigenvalue weighted by Gasteiger charge is -2.31. The molecule has 0 unspecified atom stereocenters. The summed E-state index contributed by atoms with van der Waals surface area (Å²) in [5, 5.41) is 12.4. The number of aryl methyl sites for hydroxylation is 1. The van der Waals surface area contributed by atoms with E-state index in [0.29, 0.717) is 12.0 Å². The van der Waals surface area contributed by atoms with Gasteiger partial charge in [0.05, 0.1) is 23.0 Å². The topological polar surface area (TPSA) is 90.9 Å². The van der Waals surface area contributed by atoms with Crippen molar-refractivity contribution in [3.63, 3.8) is 0 Å². The zero-order valence-corrected chi connectivity index (χ0v) is 18.2. The maximum Gasteiger partial charge on any atom is 0.135 e. The molecule has 32 heavy (non-hydrogen) atoms. The molecule has 6 nitrogen and oxygen atoms in total. The van der Waals surface area contributed by atoms with Crippen LogP contribution in [0.4, 0.5) is 22.9 Å². The summed E-state index contributed by atoms with van der Waals surface area (Å²) in [6, 6.07) is 13.7. The molecular formula is C26H32N6. The molecule has 0 amide bonds. The van der Waals surface area contributed by atoms with E-state index in [1.54, 1.807) is 6.20 Å². The van der Waals surface area contributed by atoms with E-state index in [4.69, 9.17) is 16.0 Å². The average molecular weight is 429 g/mol. The van der Waals surface area contributed by atoms with Crippen LogP contribution in [-0.4, -0.2) is 23.1 Å². The predicted octanol–water partition coefficient (Wildman–Crippen LogP) is 5.51. The summed E-state index contributed by atoms with van der Waals surface area (Å²) in [6.07, 6.45) is 6.12. The van der Waals surface area contributed by atoms with Crippen molar-refractivity contribution >= 4 is 22.9 Å². The van der Waals surface area contributed by atoms with E-state index in [0.717, 1.165) is 58.5 Å². The third kappa shape index (κ3) is 5.00. The molecule has 0 atom stereocenters. The van der Waals surface area contributed by atoms with Crippen LogP contribution in [0.5, 0.6) is 0 Å². The number of rotatable bonds is 5. The fraction of sp³-hybridized carbons (Fsp3) is 0.346. The molecule has 1 fully saturated rings. The van der Waals surface area contributed by atoms with Crippen molar-refractivity contribution in [1.82, 2.24) is 9.97 Å². The minimum atomic E-state index is 0. The van der Waals surface area contributed by atoms with E-state index in [1.807, 2.05) is 30.3 Å². The number of benzene rings is 2. The number of aromatic nitrogens is 2. The van der Waals surface area contributed by atoms with E-state index in [-0.39, 0.29) is 7.43 Å². The highest BCUT2D eigenvalue weighted by Crippen LogP contribution is 2.37. The monoisotopic (exact) mass is 428 g/mol. The van der Waals surface area contributed by atoms with Gasteiger partial charge in [0, 0.05) is 31.4 Å². The molecule has 2 heterocycles. The number of nitrogen functional groups attached to an aromatic ring is 1. The van der Waals surface area contributed by atoms with Crippen LogP contribution < -0.4 is 16.0 Å². The van der Waals surface area contributed by atoms with Crippen LogP contribution in [0.2, 0.25) is 0 Å². The Labute approximate surface area is 191 Å². The van der Waals surface area contributed by atoms with Gasteiger partial charge >= 0.3 is 0 Å². The number of nitrogens with one attached hydrogen (secondary N) is 1. The Morgan fingerprint density at radius 1 is 1.09 bits per heavy atom. The summed E-state index contributed by atoms with van der Waals surface area (Å²) < 4.78 is 0. The number of anilines is 4. The van der Waals surface area contributed by atoms with Gasteiger partial charge in [0.1, 0.15) is 11.6 Å². The van der Waals surface area contributed by atoms with Gasteiger partial charge in [0.25, 0.3) is 0 Å². The Hall–Kier alpha value is -3.59. The normalized spacial score (nSPS) is 13.2. The number of nitrogens with two attached hydrogens (primary N) is 1. The lowest BCUT2D eigenvalue weighted by molar-refractivity contribution is 0.578. The van der Waals surface area contributed by atoms with Crippen molar-refractivity contribution in [3.05, 3.63) is 70.7 Å². The van der Waals surface area contributed by atoms with Gasteiger partial charge in [-0.25, -0.2) is 9.97 Å². The number of nitriles is 1. The van der Waals surface area contributed by atoms with Crippen LogP contribution in [0.1, 0.15) is 54.8 Å². The Morgan fingerprint density at radius 2 is 1.81 bits per heavy atom. The van der Waals surface area contributed by atoms with E-state index >= 15 is 0 Å². The van der Waals surface area contributed by atoms with Crippen LogP contribution in [-0.2, 0) is 6.42 Å². The standard InChI is InChI=1S/C25H28N6.CH4/c1-17-14-21(31-12-4-3-5-13-31)24(27)18(2)25(17)30-22-10-11-28-23(29-22)15-19-6-8-20(16-26)9-7-19;/h6-11,14H,3-5,12-13,15,27H2,1-2H3,(H,28,29,30);1H4. The predicted molar refractivity (Wildman–Crippen MR) is 132 cm³/mol. The molecule has 0 spiro atoms. The number of hydrogen-bond acceptors (Lipinski definition) is 6. The first kappa shape index (κ1) is 23.1. The van der Waals surface area contributed by atoms with Gasteiger partial charge in [0.15, 0.2) is 0 Å². The quantitative estimate of drug-likeness (QED) is 0.521. The van der Waals surface area contributed by atoms with Gasteiger partial charge in [0.2, 0.25) is 0 Å². The largest absolute Gasteiger partial charge is 0.397 e. The van der Waals surface area contributed by atoms with Gasteiger partial charge in [-0.1, -0.05) is 19.6 Å². The molecule has 1 aliphatic rings. The van der Waals surface area contributed by atoms with Gasteiger partial charge in [-0.2, -0.15) is 5.26 Å². The molecule has 3 N–H and O–H groups in total. The summed E-state index contributed by atoms with van der Waals surface area (Å²) in [6.45, 7) is 6.32. The minimum absolute atomic E-state index is 0. The van der Waals surface area contributed by atoms with E-state index in [1.165, 1.54) is 19.3 Å². The van der Waals surface area contributed by atoms with Crippen LogP contribution in [0.25, 0.3) is 0 Å². The van der Waals surface area contributed by atoms with Crippen molar-refractivity contribution < 1.29 is 0 Å². The molecule has 166 valence electrons. The molecule has 1 saturated heterocycles. The Morgan fingerprint density at radius 3 is 2.50 bits per heavy atom. The first-order chi connectivity index (χ1) is 15.0. The second-order valence-corrected chi connectivity index (χ2v) is 8.14. The summed E-state index contributed by atoms with van der Waals surface area (Å²) in [5.74, 6) is 1.47. The van der Waals surface area contributed by atoms with Crippen LogP contribution >= 0.6 is 0 Å². The smallest absolute Gasteiger partial charge is 0.135 e. The minimum Gasteiger partial charge on any atom is -0.397 e. The molecule has 0 aliphatic carbocycles. The van der Waals surface area contributed by atoms with Crippen LogP contribution in [0.3, 0.4) is 0 Å². The molecule has 0 bridgehead atoms. The molecule has 1 aliphatic heterocycles. The SMILES string of the molecule is C.Cc1cc(N2CCCCC2)c(N)c(C)c1Nc1ccnc(Cc2ccc(C#N)cc2)n1. The summed E-state index contributed by atoms with van der Waals surface area (Å²) in [4.78, 5) is 11.5. The number of hydrogen-bond donors (Lipinski definition) is 2. The average Bonchev–Trinajstić information content (AvgIpc) is 2.80. The van der Waals surface area contributed by atoms with Gasteiger partial charge in [-0.3, -0.25) is 0 Å². The molecule has 4 rings (SSSR count). The zero-order valence-electron chi connectivity index (χ0n) is 18.2. The molecule has 2 aromatic carbocycles. The van der Waals surface area contributed by atoms with E-state index in [9.17, 15) is 0 Å². The second-order valence-electron chi connectivity index (χ2n) is 8.14. The molecule has 3 aromatic rings. The third-order valence-corrected chi connectivity index (χ3v) is 5.90. The fourth-order valence-electron chi connectivity index (χ4n) is 4.13. The second kappa shape index (κ2) is 10.1. The van der Waals surface area contributed by atoms with Crippen molar-refractivity contribution in [2.45, 2.75) is 47.0 Å². The Bertz CT molecular complexity index is 1110. The summed E-state index contributed by atoms with van der Waals surface area (Å²) >= 11 is 0. The number of piperidine rings is 1. The Balaban J connectivity index is 0.00000289. The highest BCUT2D eigenvalue weighted by Gasteiger charge is 2.18. The lowest BCUT2D eigenvalue weighted by Crippen LogP contribution is -2.30. The zero-order chi connectivity index (χ0) is 21.8. The third-order valence-electron chi connectivity index (χ3n) is 5.90. The highest BCUT2D eigenvalue weighted by atomic mass is 15.1. The van der Waals surface area contributed by atoms with Crippen LogP contribution in [0, 0.1) is 25.2 Å². The molecule has 0 radical (unpaired) electrons. The molecule has 6 heteroatoms. The van der Waals surface area contributed by atoms with Crippen molar-refractivity contribution in [1.29, 1.82) is 5.26 Å². The van der Waals surface area contributed by atoms with E-state index < -0.39 is 0 Å². The van der Waals surface area contributed by atoms with Gasteiger partial charge in [-0.05, 0) is 74.1 Å². The molecule has 1 aromatic heterocycles. The maximum atomic E-state index is 8.96. The van der Waals surface area contributed by atoms with Crippen LogP contribution in [0.15, 0.2) is 42.6 Å². The van der Waals surface area contributed by atoms with Crippen molar-refractivity contribution in [3.8, 4) is 6.07 Å². The summed E-state index contributed by atoms with van der Waals surface area (Å²) in [7, 11) is 0. The maximum absolute atomic E-state index is 8.96. The van der Waals surface area contributed by atoms with Gasteiger partial charge in [-0.15, -0.1) is 0 Å². The summed E-state index contributed by atoms with van der Waals surface area (Å²) in [5.41, 5.74) is 13.5. The number of nitrogens with zero attached hydrogens (tertiary/aromatic N) is 4. The van der Waals surface area contributed by atoms with Gasteiger partial charge < -0.3 is 16.0 Å². The first-order valence-electron chi connectivity index (χ1n) is 10.8. The van der Waals surface area contributed by atoms with Crippen molar-refractivity contribution in [2.24, 2.45) is 0 Å². The lowest BCUT2D eigenvalue weighted by atomic mass is 10.0. The fourth-order valence-corrected chi connectivity index (χ4v) is 4.13. The molecular weight excluding hydrogens is 396 g/mol. The first-order valence-corrected chi connectivity index (χ1v) is 10.8. The van der Waals surface area contributed by atoms with E-state index in [2.05, 4.69) is 41.2 Å². The highest BCUT2D eigenvalue weighted by molar-refractivity contribution is 5.82.